The monoisotopic (exact) mass is 262 g/mol. The maximum Gasteiger partial charge on any atom is 0.330 e. The van der Waals surface area contributed by atoms with E-state index in [0.29, 0.717) is 6.61 Å². The summed E-state index contributed by atoms with van der Waals surface area (Å²) in [5, 5.41) is 0. The van der Waals surface area contributed by atoms with Gasteiger partial charge in [0.1, 0.15) is 11.5 Å². The van der Waals surface area contributed by atoms with Crippen LogP contribution < -0.4 is 9.47 Å². The summed E-state index contributed by atoms with van der Waals surface area (Å²) >= 11 is 0. The summed E-state index contributed by atoms with van der Waals surface area (Å²) in [5.74, 6) is 1.13. The predicted molar refractivity (Wildman–Crippen MR) is 74.4 cm³/mol. The zero-order valence-electron chi connectivity index (χ0n) is 11.4. The summed E-state index contributed by atoms with van der Waals surface area (Å²) in [6.45, 7) is 2.14. The van der Waals surface area contributed by atoms with Crippen LogP contribution in [0, 0.1) is 0 Å². The summed E-state index contributed by atoms with van der Waals surface area (Å²) < 4.78 is 15.2. The fraction of sp³-hybridized carbons (Fsp3) is 0.267. The van der Waals surface area contributed by atoms with E-state index in [9.17, 15) is 4.79 Å². The lowest BCUT2D eigenvalue weighted by molar-refractivity contribution is -0.137. The molecule has 1 aromatic rings. The number of esters is 1. The zero-order valence-corrected chi connectivity index (χ0v) is 11.4. The molecule has 0 aromatic heterocycles. The van der Waals surface area contributed by atoms with Crippen LogP contribution in [0.4, 0.5) is 0 Å². The summed E-state index contributed by atoms with van der Waals surface area (Å²) in [6, 6.07) is 5.51. The highest BCUT2D eigenvalue weighted by Gasteiger charge is 2.01. The van der Waals surface area contributed by atoms with Gasteiger partial charge in [0.2, 0.25) is 0 Å². The highest BCUT2D eigenvalue weighted by atomic mass is 16.5. The van der Waals surface area contributed by atoms with Crippen LogP contribution in [0.2, 0.25) is 0 Å². The lowest BCUT2D eigenvalue weighted by Gasteiger charge is -2.06. The molecule has 4 heteroatoms. The molecule has 0 heterocycles. The molecule has 1 aromatic carbocycles. The van der Waals surface area contributed by atoms with Gasteiger partial charge in [0.15, 0.2) is 0 Å². The van der Waals surface area contributed by atoms with E-state index in [-0.39, 0.29) is 5.97 Å². The van der Waals surface area contributed by atoms with Gasteiger partial charge in [0.25, 0.3) is 0 Å². The molecule has 0 aliphatic carbocycles. The molecule has 0 radical (unpaired) electrons. The van der Waals surface area contributed by atoms with Gasteiger partial charge in [0.05, 0.1) is 20.8 Å². The minimum Gasteiger partial charge on any atom is -0.497 e. The molecule has 19 heavy (non-hydrogen) atoms. The molecule has 0 unspecified atom stereocenters. The van der Waals surface area contributed by atoms with E-state index in [1.54, 1.807) is 33.3 Å². The average Bonchev–Trinajstić information content (AvgIpc) is 2.43. The van der Waals surface area contributed by atoms with Gasteiger partial charge in [0, 0.05) is 11.6 Å². The van der Waals surface area contributed by atoms with Gasteiger partial charge >= 0.3 is 5.97 Å². The standard InChI is InChI=1S/C15H18O4/c1-4-19-15(16)8-6-5-7-12-11-13(17-2)9-10-14(12)18-3/h5-11H,4H2,1-3H3. The molecule has 102 valence electrons. The number of benzene rings is 1. The van der Waals surface area contributed by atoms with Crippen molar-refractivity contribution in [2.24, 2.45) is 0 Å². The fourth-order valence-corrected chi connectivity index (χ4v) is 1.45. The van der Waals surface area contributed by atoms with E-state index in [4.69, 9.17) is 14.2 Å². The molecular formula is C15H18O4. The Hall–Kier alpha value is -2.23. The molecule has 4 nitrogen and oxygen atoms in total. The Kier molecular flexibility index (Phi) is 6.22. The third-order valence-electron chi connectivity index (χ3n) is 2.34. The van der Waals surface area contributed by atoms with Crippen LogP contribution in [0.25, 0.3) is 6.08 Å². The molecule has 0 fully saturated rings. The van der Waals surface area contributed by atoms with Crippen molar-refractivity contribution in [1.82, 2.24) is 0 Å². The number of rotatable bonds is 6. The molecule has 1 rings (SSSR count). The fourth-order valence-electron chi connectivity index (χ4n) is 1.45. The first-order chi connectivity index (χ1) is 9.21. The first kappa shape index (κ1) is 14.8. The van der Waals surface area contributed by atoms with Crippen molar-refractivity contribution in [2.45, 2.75) is 6.92 Å². The molecule has 0 aliphatic rings. The van der Waals surface area contributed by atoms with Crippen molar-refractivity contribution in [3.63, 3.8) is 0 Å². The summed E-state index contributed by atoms with van der Waals surface area (Å²) in [6.07, 6.45) is 6.56. The second-order valence-corrected chi connectivity index (χ2v) is 3.58. The molecule has 0 N–H and O–H groups in total. The Balaban J connectivity index is 2.77. The van der Waals surface area contributed by atoms with Crippen molar-refractivity contribution in [3.05, 3.63) is 42.0 Å². The Labute approximate surface area is 113 Å². The number of hydrogen-bond donors (Lipinski definition) is 0. The minimum absolute atomic E-state index is 0.357. The second-order valence-electron chi connectivity index (χ2n) is 3.58. The maximum atomic E-state index is 11.1. The molecule has 0 spiro atoms. The van der Waals surface area contributed by atoms with Crippen molar-refractivity contribution in [1.29, 1.82) is 0 Å². The summed E-state index contributed by atoms with van der Waals surface area (Å²) in [5.41, 5.74) is 0.871. The lowest BCUT2D eigenvalue weighted by Crippen LogP contribution is -1.98. The van der Waals surface area contributed by atoms with E-state index in [0.717, 1.165) is 17.1 Å². The number of allylic oxidation sites excluding steroid dienone is 2. The van der Waals surface area contributed by atoms with E-state index < -0.39 is 0 Å². The van der Waals surface area contributed by atoms with Gasteiger partial charge in [-0.25, -0.2) is 4.79 Å². The van der Waals surface area contributed by atoms with Gasteiger partial charge in [-0.1, -0.05) is 18.2 Å². The Morgan fingerprint density at radius 3 is 2.63 bits per heavy atom. The first-order valence-electron chi connectivity index (χ1n) is 5.94. The van der Waals surface area contributed by atoms with Gasteiger partial charge < -0.3 is 14.2 Å². The van der Waals surface area contributed by atoms with E-state index in [1.807, 2.05) is 24.3 Å². The van der Waals surface area contributed by atoms with E-state index >= 15 is 0 Å². The topological polar surface area (TPSA) is 44.8 Å². The second kappa shape index (κ2) is 7.97. The van der Waals surface area contributed by atoms with Gasteiger partial charge in [-0.2, -0.15) is 0 Å². The van der Waals surface area contributed by atoms with Crippen LogP contribution in [-0.2, 0) is 9.53 Å². The first-order valence-corrected chi connectivity index (χ1v) is 5.94. The SMILES string of the molecule is CCOC(=O)C=CC=Cc1cc(OC)ccc1OC. The highest BCUT2D eigenvalue weighted by molar-refractivity contribution is 5.82. The van der Waals surface area contributed by atoms with Gasteiger partial charge in [-0.3, -0.25) is 0 Å². The molecule has 0 saturated carbocycles. The number of ether oxygens (including phenoxy) is 3. The van der Waals surface area contributed by atoms with Crippen LogP contribution in [0.15, 0.2) is 36.4 Å². The zero-order chi connectivity index (χ0) is 14.1. The predicted octanol–water partition coefficient (Wildman–Crippen LogP) is 2.84. The summed E-state index contributed by atoms with van der Waals surface area (Å²) in [7, 11) is 3.21. The summed E-state index contributed by atoms with van der Waals surface area (Å²) in [4.78, 5) is 11.1. The number of carbonyl (C=O) groups is 1. The van der Waals surface area contributed by atoms with Crippen LogP contribution in [0.1, 0.15) is 12.5 Å². The normalized spacial score (nSPS) is 10.9. The molecule has 0 atom stereocenters. The Morgan fingerprint density at radius 2 is 2.00 bits per heavy atom. The lowest BCUT2D eigenvalue weighted by atomic mass is 10.1. The smallest absolute Gasteiger partial charge is 0.330 e. The van der Waals surface area contributed by atoms with Crippen molar-refractivity contribution >= 4 is 12.0 Å². The van der Waals surface area contributed by atoms with Crippen molar-refractivity contribution < 1.29 is 19.0 Å². The van der Waals surface area contributed by atoms with Gasteiger partial charge in [-0.05, 0) is 25.1 Å². The Morgan fingerprint density at radius 1 is 1.21 bits per heavy atom. The average molecular weight is 262 g/mol. The Bertz CT molecular complexity index is 475. The molecule has 0 saturated heterocycles. The van der Waals surface area contributed by atoms with Crippen LogP contribution in [-0.4, -0.2) is 26.8 Å². The largest absolute Gasteiger partial charge is 0.497 e. The number of methoxy groups -OCH3 is 2. The van der Waals surface area contributed by atoms with Crippen LogP contribution in [0.3, 0.4) is 0 Å². The molecular weight excluding hydrogens is 244 g/mol. The van der Waals surface area contributed by atoms with E-state index in [2.05, 4.69) is 0 Å². The van der Waals surface area contributed by atoms with Crippen LogP contribution in [0.5, 0.6) is 11.5 Å². The number of carbonyl (C=O) groups excluding carboxylic acids is 1. The minimum atomic E-state index is -0.357. The molecule has 0 amide bonds. The van der Waals surface area contributed by atoms with Crippen molar-refractivity contribution in [2.75, 3.05) is 20.8 Å². The molecule has 0 bridgehead atoms. The highest BCUT2D eigenvalue weighted by Crippen LogP contribution is 2.24. The van der Waals surface area contributed by atoms with Crippen molar-refractivity contribution in [3.8, 4) is 11.5 Å². The van der Waals surface area contributed by atoms with Gasteiger partial charge in [-0.15, -0.1) is 0 Å². The number of hydrogen-bond acceptors (Lipinski definition) is 4. The molecule has 0 aliphatic heterocycles. The third kappa shape index (κ3) is 4.87. The quantitative estimate of drug-likeness (QED) is 0.449. The third-order valence-corrected chi connectivity index (χ3v) is 2.34. The maximum absolute atomic E-state index is 11.1. The van der Waals surface area contributed by atoms with E-state index in [1.165, 1.54) is 6.08 Å². The van der Waals surface area contributed by atoms with Crippen LogP contribution >= 0.6 is 0 Å².